The lowest BCUT2D eigenvalue weighted by Gasteiger charge is -2.13. The second kappa shape index (κ2) is 6.75. The van der Waals surface area contributed by atoms with Crippen molar-refractivity contribution < 1.29 is 0 Å². The van der Waals surface area contributed by atoms with Crippen LogP contribution >= 0.6 is 12.6 Å². The first-order valence-corrected chi connectivity index (χ1v) is 7.57. The summed E-state index contributed by atoms with van der Waals surface area (Å²) in [5.74, 6) is 1.48. The third-order valence-corrected chi connectivity index (χ3v) is 3.59. The number of benzene rings is 1. The Balaban J connectivity index is 2.39. The number of nitrogen functional groups attached to an aromatic ring is 1. The number of aryl methyl sites for hydroxylation is 2. The minimum Gasteiger partial charge on any atom is -0.399 e. The van der Waals surface area contributed by atoms with E-state index >= 15 is 0 Å². The molecule has 2 N–H and O–H groups in total. The summed E-state index contributed by atoms with van der Waals surface area (Å²) in [7, 11) is 0. The van der Waals surface area contributed by atoms with Crippen LogP contribution in [0.5, 0.6) is 0 Å². The Kier molecular flexibility index (Phi) is 5.01. The second-order valence-electron chi connectivity index (χ2n) is 4.97. The van der Waals surface area contributed by atoms with Crippen LogP contribution in [0.3, 0.4) is 0 Å². The van der Waals surface area contributed by atoms with Crippen LogP contribution in [0.2, 0.25) is 0 Å². The molecular weight excluding hydrogens is 266 g/mol. The van der Waals surface area contributed by atoms with E-state index in [1.54, 1.807) is 0 Å². The van der Waals surface area contributed by atoms with Gasteiger partial charge in [0.2, 0.25) is 0 Å². The number of anilines is 1. The molecule has 0 aliphatic rings. The molecule has 0 spiro atoms. The Hall–Kier alpha value is -1.55. The van der Waals surface area contributed by atoms with E-state index in [9.17, 15) is 0 Å². The van der Waals surface area contributed by atoms with Gasteiger partial charge in [-0.3, -0.25) is 0 Å². The predicted octanol–water partition coefficient (Wildman–Crippen LogP) is 3.34. The van der Waals surface area contributed by atoms with E-state index in [4.69, 9.17) is 5.73 Å². The quantitative estimate of drug-likeness (QED) is 0.655. The largest absolute Gasteiger partial charge is 0.399 e. The summed E-state index contributed by atoms with van der Waals surface area (Å²) in [5.41, 5.74) is 11.2. The highest BCUT2D eigenvalue weighted by molar-refractivity contribution is 7.79. The third kappa shape index (κ3) is 3.51. The van der Waals surface area contributed by atoms with Crippen LogP contribution in [0.25, 0.3) is 0 Å². The van der Waals surface area contributed by atoms with Crippen molar-refractivity contribution in [2.45, 2.75) is 38.9 Å². The fourth-order valence-corrected chi connectivity index (χ4v) is 2.60. The maximum Gasteiger partial charge on any atom is 0.125 e. The van der Waals surface area contributed by atoms with Gasteiger partial charge in [-0.05, 0) is 31.0 Å². The number of hydrogen-bond donors (Lipinski definition) is 2. The molecule has 0 aliphatic carbocycles. The molecule has 1 aromatic heterocycles. The maximum absolute atomic E-state index is 5.74. The lowest BCUT2D eigenvalue weighted by Crippen LogP contribution is -2.08. The monoisotopic (exact) mass is 287 g/mol. The van der Waals surface area contributed by atoms with Crippen molar-refractivity contribution >= 4 is 18.3 Å². The van der Waals surface area contributed by atoms with Crippen LogP contribution in [0, 0.1) is 6.92 Å². The van der Waals surface area contributed by atoms with Gasteiger partial charge in [0.25, 0.3) is 0 Å². The molecule has 106 valence electrons. The highest BCUT2D eigenvalue weighted by Crippen LogP contribution is 2.20. The predicted molar refractivity (Wildman–Crippen MR) is 87.1 cm³/mol. The van der Waals surface area contributed by atoms with Gasteiger partial charge in [-0.25, -0.2) is 9.97 Å². The summed E-state index contributed by atoms with van der Waals surface area (Å²) >= 11 is 4.41. The highest BCUT2D eigenvalue weighted by Gasteiger charge is 2.12. The molecule has 4 heteroatoms. The van der Waals surface area contributed by atoms with Gasteiger partial charge in [0.1, 0.15) is 5.82 Å². The van der Waals surface area contributed by atoms with Crippen LogP contribution in [0.4, 0.5) is 5.69 Å². The Morgan fingerprint density at radius 2 is 1.75 bits per heavy atom. The Labute approximate surface area is 126 Å². The van der Waals surface area contributed by atoms with E-state index in [-0.39, 0.29) is 0 Å². The number of aromatic nitrogens is 2. The average molecular weight is 287 g/mol. The van der Waals surface area contributed by atoms with Crippen molar-refractivity contribution in [2.75, 3.05) is 5.73 Å². The standard InChI is InChI=1S/C16H21N3S/c1-3-4-15-14(16(10-20)19-11(2)18-15)9-12-5-7-13(17)8-6-12/h5-8,20H,3-4,9-10,17H2,1-2H3. The van der Waals surface area contributed by atoms with E-state index < -0.39 is 0 Å². The Morgan fingerprint density at radius 1 is 1.10 bits per heavy atom. The fraction of sp³-hybridized carbons (Fsp3) is 0.375. The topological polar surface area (TPSA) is 51.8 Å². The molecule has 2 aromatic rings. The summed E-state index contributed by atoms with van der Waals surface area (Å²) in [5, 5.41) is 0. The minimum absolute atomic E-state index is 0.643. The molecule has 1 aromatic carbocycles. The van der Waals surface area contributed by atoms with Gasteiger partial charge in [-0.2, -0.15) is 12.6 Å². The Bertz CT molecular complexity index is 579. The molecule has 3 nitrogen and oxygen atoms in total. The van der Waals surface area contributed by atoms with Crippen LogP contribution in [0.15, 0.2) is 24.3 Å². The summed E-state index contributed by atoms with van der Waals surface area (Å²) < 4.78 is 0. The summed E-state index contributed by atoms with van der Waals surface area (Å²) in [6.45, 7) is 4.11. The smallest absolute Gasteiger partial charge is 0.125 e. The zero-order valence-corrected chi connectivity index (χ0v) is 13.0. The number of nitrogens with zero attached hydrogens (tertiary/aromatic N) is 2. The van der Waals surface area contributed by atoms with Gasteiger partial charge in [-0.1, -0.05) is 25.5 Å². The van der Waals surface area contributed by atoms with Gasteiger partial charge >= 0.3 is 0 Å². The van der Waals surface area contributed by atoms with E-state index in [1.807, 2.05) is 19.1 Å². The summed E-state index contributed by atoms with van der Waals surface area (Å²) in [6, 6.07) is 7.99. The molecule has 0 atom stereocenters. The zero-order chi connectivity index (χ0) is 14.5. The van der Waals surface area contributed by atoms with Crippen LogP contribution in [-0.4, -0.2) is 9.97 Å². The van der Waals surface area contributed by atoms with E-state index in [0.717, 1.165) is 42.2 Å². The summed E-state index contributed by atoms with van der Waals surface area (Å²) in [6.07, 6.45) is 2.90. The number of thiol groups is 1. The molecule has 20 heavy (non-hydrogen) atoms. The van der Waals surface area contributed by atoms with Gasteiger partial charge in [0.15, 0.2) is 0 Å². The summed E-state index contributed by atoms with van der Waals surface area (Å²) in [4.78, 5) is 9.15. The highest BCUT2D eigenvalue weighted by atomic mass is 32.1. The van der Waals surface area contributed by atoms with Gasteiger partial charge in [-0.15, -0.1) is 0 Å². The fourth-order valence-electron chi connectivity index (χ4n) is 2.34. The first-order valence-electron chi connectivity index (χ1n) is 6.94. The second-order valence-corrected chi connectivity index (χ2v) is 5.29. The van der Waals surface area contributed by atoms with Crippen molar-refractivity contribution in [1.82, 2.24) is 9.97 Å². The molecule has 0 radical (unpaired) electrons. The van der Waals surface area contributed by atoms with Crippen LogP contribution in [-0.2, 0) is 18.6 Å². The molecule has 0 saturated heterocycles. The molecule has 0 bridgehead atoms. The number of rotatable bonds is 5. The molecule has 1 heterocycles. The zero-order valence-electron chi connectivity index (χ0n) is 12.1. The van der Waals surface area contributed by atoms with Crippen molar-refractivity contribution in [3.8, 4) is 0 Å². The lowest BCUT2D eigenvalue weighted by molar-refractivity contribution is 0.818. The molecule has 2 rings (SSSR count). The normalized spacial score (nSPS) is 10.8. The molecular formula is C16H21N3S. The lowest BCUT2D eigenvalue weighted by atomic mass is 9.99. The first kappa shape index (κ1) is 14.9. The first-order chi connectivity index (χ1) is 9.63. The van der Waals surface area contributed by atoms with Gasteiger partial charge in [0.05, 0.1) is 5.69 Å². The van der Waals surface area contributed by atoms with Gasteiger partial charge in [0, 0.05) is 29.1 Å². The molecule has 0 unspecified atom stereocenters. The maximum atomic E-state index is 5.74. The van der Waals surface area contributed by atoms with Crippen molar-refractivity contribution in [1.29, 1.82) is 0 Å². The average Bonchev–Trinajstić information content (AvgIpc) is 2.44. The van der Waals surface area contributed by atoms with E-state index in [1.165, 1.54) is 11.1 Å². The Morgan fingerprint density at radius 3 is 2.35 bits per heavy atom. The van der Waals surface area contributed by atoms with Gasteiger partial charge < -0.3 is 5.73 Å². The van der Waals surface area contributed by atoms with E-state index in [0.29, 0.717) is 5.75 Å². The molecule has 0 amide bonds. The van der Waals surface area contributed by atoms with E-state index in [2.05, 4.69) is 41.7 Å². The SMILES string of the molecule is CCCc1nc(C)nc(CS)c1Cc1ccc(N)cc1. The minimum atomic E-state index is 0.643. The van der Waals surface area contributed by atoms with Crippen molar-refractivity contribution in [3.63, 3.8) is 0 Å². The number of hydrogen-bond acceptors (Lipinski definition) is 4. The molecule has 0 aliphatic heterocycles. The number of nitrogens with two attached hydrogens (primary N) is 1. The van der Waals surface area contributed by atoms with Crippen molar-refractivity contribution in [3.05, 3.63) is 52.6 Å². The third-order valence-electron chi connectivity index (χ3n) is 3.29. The molecule has 0 fully saturated rings. The van der Waals surface area contributed by atoms with Crippen molar-refractivity contribution in [2.24, 2.45) is 0 Å². The molecule has 0 saturated carbocycles. The van der Waals surface area contributed by atoms with Crippen LogP contribution < -0.4 is 5.73 Å². The van der Waals surface area contributed by atoms with Crippen LogP contribution in [0.1, 0.15) is 41.7 Å².